The van der Waals surface area contributed by atoms with E-state index in [0.29, 0.717) is 12.3 Å². The van der Waals surface area contributed by atoms with E-state index in [4.69, 9.17) is 9.47 Å². The number of hydrogen-bond donors (Lipinski definition) is 0. The Morgan fingerprint density at radius 1 is 0.950 bits per heavy atom. The summed E-state index contributed by atoms with van der Waals surface area (Å²) in [6, 6.07) is -0.338. The molecular formula is C15H25NO4. The first kappa shape index (κ1) is 15.1. The lowest BCUT2D eigenvalue weighted by Gasteiger charge is -2.31. The minimum Gasteiger partial charge on any atom is -0.458 e. The van der Waals surface area contributed by atoms with Crippen LogP contribution in [0.25, 0.3) is 0 Å². The third-order valence-electron chi connectivity index (χ3n) is 3.39. The molecule has 1 aliphatic heterocycles. The largest absolute Gasteiger partial charge is 0.458 e. The number of likely N-dealkylation sites (tertiary alicyclic amines) is 1. The minimum atomic E-state index is -0.553. The maximum atomic E-state index is 12.3. The summed E-state index contributed by atoms with van der Waals surface area (Å²) in [4.78, 5) is 26.1. The van der Waals surface area contributed by atoms with Gasteiger partial charge in [0.05, 0.1) is 0 Å². The molecule has 1 aliphatic carbocycles. The molecule has 5 heteroatoms. The Morgan fingerprint density at radius 2 is 1.50 bits per heavy atom. The summed E-state index contributed by atoms with van der Waals surface area (Å²) in [5.41, 5.74) is -1.09. The first-order valence-corrected chi connectivity index (χ1v) is 7.22. The monoisotopic (exact) mass is 283 g/mol. The average molecular weight is 283 g/mol. The maximum absolute atomic E-state index is 12.3. The highest BCUT2D eigenvalue weighted by Gasteiger charge is 2.58. The first-order valence-electron chi connectivity index (χ1n) is 7.22. The summed E-state index contributed by atoms with van der Waals surface area (Å²) >= 11 is 0. The van der Waals surface area contributed by atoms with E-state index in [2.05, 4.69) is 0 Å². The smallest absolute Gasteiger partial charge is 0.411 e. The molecule has 0 spiro atoms. The number of piperidine rings is 1. The zero-order valence-corrected chi connectivity index (χ0v) is 13.2. The van der Waals surface area contributed by atoms with Gasteiger partial charge in [-0.05, 0) is 60.3 Å². The van der Waals surface area contributed by atoms with E-state index >= 15 is 0 Å². The number of ether oxygens (including phenoxy) is 2. The first-order chi connectivity index (χ1) is 8.98. The molecule has 0 radical (unpaired) electrons. The van der Waals surface area contributed by atoms with Crippen LogP contribution < -0.4 is 0 Å². The van der Waals surface area contributed by atoms with Gasteiger partial charge in [-0.25, -0.2) is 9.59 Å². The van der Waals surface area contributed by atoms with E-state index in [1.165, 1.54) is 0 Å². The lowest BCUT2D eigenvalue weighted by atomic mass is 10.1. The summed E-state index contributed by atoms with van der Waals surface area (Å²) < 4.78 is 10.8. The lowest BCUT2D eigenvalue weighted by Crippen LogP contribution is -2.47. The van der Waals surface area contributed by atoms with Gasteiger partial charge in [-0.2, -0.15) is 0 Å². The predicted octanol–water partition coefficient (Wildman–Crippen LogP) is 2.73. The molecule has 0 bridgehead atoms. The number of fused-ring (bicyclic) bond motifs is 1. The van der Waals surface area contributed by atoms with Crippen LogP contribution in [0.2, 0.25) is 0 Å². The van der Waals surface area contributed by atoms with Gasteiger partial charge in [0, 0.05) is 6.04 Å². The van der Waals surface area contributed by atoms with E-state index in [0.717, 1.165) is 6.42 Å². The standard InChI is InChI=1S/C15H25NO4/c1-14(2,3)19-12(17)11-8-9-7-10(9)16(11)13(18)20-15(4,5)6/h9-11H,7-8H2,1-6H3/t9-,10-,11+/m1/s1. The molecule has 3 atom stereocenters. The fourth-order valence-corrected chi connectivity index (χ4v) is 2.61. The van der Waals surface area contributed by atoms with Gasteiger partial charge in [-0.1, -0.05) is 0 Å². The molecule has 0 aromatic heterocycles. The Hall–Kier alpha value is -1.26. The van der Waals surface area contributed by atoms with Gasteiger partial charge in [0.25, 0.3) is 0 Å². The molecular weight excluding hydrogens is 258 g/mol. The molecule has 1 heterocycles. The SMILES string of the molecule is CC(C)(C)OC(=O)[C@@H]1C[C@H]2C[C@H]2N1C(=O)OC(C)(C)C. The Labute approximate surface area is 120 Å². The summed E-state index contributed by atoms with van der Waals surface area (Å²) in [6.07, 6.45) is 1.26. The average Bonchev–Trinajstić information content (AvgIpc) is 2.83. The number of amides is 1. The Morgan fingerprint density at radius 3 is 2.00 bits per heavy atom. The highest BCUT2D eigenvalue weighted by atomic mass is 16.6. The second-order valence-electron chi connectivity index (χ2n) is 7.74. The third-order valence-corrected chi connectivity index (χ3v) is 3.39. The van der Waals surface area contributed by atoms with Crippen molar-refractivity contribution >= 4 is 12.1 Å². The van der Waals surface area contributed by atoms with Crippen LogP contribution in [0, 0.1) is 5.92 Å². The summed E-state index contributed by atoms with van der Waals surface area (Å²) in [7, 11) is 0. The van der Waals surface area contributed by atoms with Gasteiger partial charge >= 0.3 is 12.1 Å². The maximum Gasteiger partial charge on any atom is 0.411 e. The second-order valence-corrected chi connectivity index (χ2v) is 7.74. The van der Waals surface area contributed by atoms with Crippen LogP contribution in [0.5, 0.6) is 0 Å². The molecule has 0 N–H and O–H groups in total. The van der Waals surface area contributed by atoms with Gasteiger partial charge in [0.1, 0.15) is 17.2 Å². The van der Waals surface area contributed by atoms with Gasteiger partial charge in [-0.15, -0.1) is 0 Å². The van der Waals surface area contributed by atoms with Gasteiger partial charge in [0.15, 0.2) is 0 Å². The highest BCUT2D eigenvalue weighted by Crippen LogP contribution is 2.48. The summed E-state index contributed by atoms with van der Waals surface area (Å²) in [6.45, 7) is 11.0. The Kier molecular flexibility index (Phi) is 3.51. The van der Waals surface area contributed by atoms with Gasteiger partial charge in [-0.3, -0.25) is 4.90 Å². The third kappa shape index (κ3) is 3.44. The number of carbonyl (C=O) groups is 2. The summed E-state index contributed by atoms with van der Waals surface area (Å²) in [5.74, 6) is 0.107. The van der Waals surface area contributed by atoms with E-state index in [1.54, 1.807) is 4.90 Å². The van der Waals surface area contributed by atoms with Crippen molar-refractivity contribution in [3.8, 4) is 0 Å². The van der Waals surface area contributed by atoms with Crippen LogP contribution in [-0.2, 0) is 14.3 Å². The topological polar surface area (TPSA) is 55.8 Å². The normalized spacial score (nSPS) is 28.9. The molecule has 1 saturated carbocycles. The molecule has 1 amide bonds. The lowest BCUT2D eigenvalue weighted by molar-refractivity contribution is -0.160. The number of nitrogens with zero attached hydrogens (tertiary/aromatic N) is 1. The fraction of sp³-hybridized carbons (Fsp3) is 0.867. The van der Waals surface area contributed by atoms with Crippen molar-refractivity contribution in [3.05, 3.63) is 0 Å². The zero-order chi connectivity index (χ0) is 15.3. The number of rotatable bonds is 1. The van der Waals surface area contributed by atoms with Crippen molar-refractivity contribution in [2.24, 2.45) is 5.92 Å². The Balaban J connectivity index is 2.06. The molecule has 114 valence electrons. The highest BCUT2D eigenvalue weighted by molar-refractivity contribution is 5.83. The van der Waals surface area contributed by atoms with Gasteiger partial charge < -0.3 is 9.47 Å². The van der Waals surface area contributed by atoms with Crippen LogP contribution in [-0.4, -0.2) is 40.2 Å². The molecule has 20 heavy (non-hydrogen) atoms. The molecule has 1 saturated heterocycles. The van der Waals surface area contributed by atoms with Crippen LogP contribution in [0.1, 0.15) is 54.4 Å². The van der Waals surface area contributed by atoms with E-state index < -0.39 is 23.3 Å². The Bertz CT molecular complexity index is 419. The van der Waals surface area contributed by atoms with E-state index in [9.17, 15) is 9.59 Å². The molecule has 2 aliphatic rings. The van der Waals surface area contributed by atoms with Crippen molar-refractivity contribution in [3.63, 3.8) is 0 Å². The molecule has 0 unspecified atom stereocenters. The van der Waals surface area contributed by atoms with Crippen molar-refractivity contribution in [2.75, 3.05) is 0 Å². The number of esters is 1. The van der Waals surface area contributed by atoms with Crippen molar-refractivity contribution < 1.29 is 19.1 Å². The van der Waals surface area contributed by atoms with Crippen LogP contribution >= 0.6 is 0 Å². The quantitative estimate of drug-likeness (QED) is 0.694. The van der Waals surface area contributed by atoms with Crippen molar-refractivity contribution in [1.29, 1.82) is 0 Å². The number of carbonyl (C=O) groups excluding carboxylic acids is 2. The van der Waals surface area contributed by atoms with Crippen molar-refractivity contribution in [1.82, 2.24) is 4.90 Å². The molecule has 5 nitrogen and oxygen atoms in total. The van der Waals surface area contributed by atoms with Crippen LogP contribution in [0.4, 0.5) is 4.79 Å². The minimum absolute atomic E-state index is 0.155. The van der Waals surface area contributed by atoms with Crippen LogP contribution in [0.3, 0.4) is 0 Å². The second kappa shape index (κ2) is 4.64. The van der Waals surface area contributed by atoms with Crippen molar-refractivity contribution in [2.45, 2.75) is 77.7 Å². The van der Waals surface area contributed by atoms with Crippen LogP contribution in [0.15, 0.2) is 0 Å². The zero-order valence-electron chi connectivity index (χ0n) is 13.2. The molecule has 0 aromatic carbocycles. The molecule has 2 fully saturated rings. The fourth-order valence-electron chi connectivity index (χ4n) is 2.61. The van der Waals surface area contributed by atoms with Gasteiger partial charge in [0.2, 0.25) is 0 Å². The molecule has 0 aromatic rings. The predicted molar refractivity (Wildman–Crippen MR) is 74.2 cm³/mol. The van der Waals surface area contributed by atoms with E-state index in [1.807, 2.05) is 41.5 Å². The molecule has 2 rings (SSSR count). The summed E-state index contributed by atoms with van der Waals surface area (Å²) in [5, 5.41) is 0. The van der Waals surface area contributed by atoms with E-state index in [-0.39, 0.29) is 12.0 Å². The number of hydrogen-bond acceptors (Lipinski definition) is 4.